The van der Waals surface area contributed by atoms with E-state index in [4.69, 9.17) is 24.0 Å². The van der Waals surface area contributed by atoms with Crippen LogP contribution in [0.2, 0.25) is 0 Å². The minimum Gasteiger partial charge on any atom is -0.770 e. The SMILES string of the molecule is CC(=O)O[C@@H]1[C@H](OC(C)=O)[C@@H](CSP(=O)([O-])OCCC#N)O[C@H]1n1ccc(=O)n(C(=O)c2ccccc2)c1=O. The van der Waals surface area contributed by atoms with Gasteiger partial charge in [-0.1, -0.05) is 29.6 Å². The third-order valence-corrected chi connectivity index (χ3v) is 8.26. The molecule has 2 aromatic rings. The normalized spacial score (nSPS) is 21.9. The summed E-state index contributed by atoms with van der Waals surface area (Å²) in [5.74, 6) is -2.97. The van der Waals surface area contributed by atoms with Crippen LogP contribution in [-0.2, 0) is 32.9 Å². The summed E-state index contributed by atoms with van der Waals surface area (Å²) in [6, 6.07) is 10.2. The monoisotopic (exact) mass is 580 g/mol. The number of esters is 2. The zero-order valence-electron chi connectivity index (χ0n) is 20.7. The Morgan fingerprint density at radius 3 is 2.36 bits per heavy atom. The molecule has 0 bridgehead atoms. The number of carbonyl (C=O) groups is 3. The summed E-state index contributed by atoms with van der Waals surface area (Å²) in [5, 5.41) is 8.57. The van der Waals surface area contributed by atoms with E-state index in [-0.39, 0.29) is 18.6 Å². The van der Waals surface area contributed by atoms with Gasteiger partial charge in [-0.3, -0.25) is 28.3 Å². The molecule has 0 aliphatic carbocycles. The molecule has 1 aromatic carbocycles. The predicted molar refractivity (Wildman–Crippen MR) is 132 cm³/mol. The van der Waals surface area contributed by atoms with Crippen LogP contribution in [0.15, 0.2) is 52.2 Å². The summed E-state index contributed by atoms with van der Waals surface area (Å²) in [4.78, 5) is 74.8. The van der Waals surface area contributed by atoms with Gasteiger partial charge < -0.3 is 23.6 Å². The van der Waals surface area contributed by atoms with Gasteiger partial charge in [0.2, 0.25) is 0 Å². The van der Waals surface area contributed by atoms with Crippen LogP contribution in [0.4, 0.5) is 0 Å². The lowest BCUT2D eigenvalue weighted by molar-refractivity contribution is -0.189. The third-order valence-electron chi connectivity index (χ3n) is 5.26. The Balaban J connectivity index is 2.00. The van der Waals surface area contributed by atoms with Crippen molar-refractivity contribution in [1.29, 1.82) is 5.26 Å². The highest BCUT2D eigenvalue weighted by Gasteiger charge is 2.50. The number of rotatable bonds is 10. The van der Waals surface area contributed by atoms with Gasteiger partial charge in [0.15, 0.2) is 25.2 Å². The first-order chi connectivity index (χ1) is 18.4. The molecule has 1 aliphatic heterocycles. The van der Waals surface area contributed by atoms with Crippen LogP contribution >= 0.6 is 18.2 Å². The van der Waals surface area contributed by atoms with Crippen molar-refractivity contribution in [3.05, 3.63) is 69.0 Å². The average Bonchev–Trinajstić information content (AvgIpc) is 3.19. The lowest BCUT2D eigenvalue weighted by Crippen LogP contribution is -2.47. The van der Waals surface area contributed by atoms with Crippen molar-refractivity contribution >= 4 is 36.0 Å². The van der Waals surface area contributed by atoms with Crippen molar-refractivity contribution in [3.8, 4) is 6.07 Å². The van der Waals surface area contributed by atoms with Crippen LogP contribution in [0.25, 0.3) is 0 Å². The minimum absolute atomic E-state index is 0.0491. The first kappa shape index (κ1) is 30.0. The van der Waals surface area contributed by atoms with Gasteiger partial charge >= 0.3 is 17.6 Å². The maximum atomic E-state index is 13.4. The summed E-state index contributed by atoms with van der Waals surface area (Å²) in [7, 11) is 0. The maximum Gasteiger partial charge on any atom is 0.340 e. The van der Waals surface area contributed by atoms with Gasteiger partial charge in [-0.2, -0.15) is 9.83 Å². The Morgan fingerprint density at radius 1 is 1.10 bits per heavy atom. The number of aromatic nitrogens is 2. The zero-order chi connectivity index (χ0) is 28.7. The van der Waals surface area contributed by atoms with Crippen LogP contribution in [-0.4, -0.2) is 57.7 Å². The van der Waals surface area contributed by atoms with Crippen LogP contribution in [0.1, 0.15) is 36.9 Å². The maximum absolute atomic E-state index is 13.4. The molecule has 1 unspecified atom stereocenters. The van der Waals surface area contributed by atoms with Crippen LogP contribution in [0.5, 0.6) is 0 Å². The molecule has 16 heteroatoms. The van der Waals surface area contributed by atoms with Crippen molar-refractivity contribution in [3.63, 3.8) is 0 Å². The molecule has 5 atom stereocenters. The number of carbonyl (C=O) groups excluding carboxylic acids is 3. The molecule has 1 fully saturated rings. The van der Waals surface area contributed by atoms with E-state index in [1.807, 2.05) is 0 Å². The van der Waals surface area contributed by atoms with Crippen LogP contribution < -0.4 is 16.1 Å². The van der Waals surface area contributed by atoms with Gasteiger partial charge in [0.1, 0.15) is 6.10 Å². The molecular weight excluding hydrogens is 557 g/mol. The van der Waals surface area contributed by atoms with Gasteiger partial charge in [0, 0.05) is 37.4 Å². The first-order valence-corrected chi connectivity index (χ1v) is 14.5. The summed E-state index contributed by atoms with van der Waals surface area (Å²) < 4.78 is 34.6. The molecule has 1 aromatic heterocycles. The number of nitriles is 1. The van der Waals surface area contributed by atoms with E-state index in [2.05, 4.69) is 0 Å². The number of nitrogens with zero attached hydrogens (tertiary/aromatic N) is 3. The van der Waals surface area contributed by atoms with Crippen molar-refractivity contribution in [2.24, 2.45) is 0 Å². The Kier molecular flexibility index (Phi) is 10.0. The molecule has 0 N–H and O–H groups in total. The molecule has 1 aliphatic rings. The molecule has 1 saturated heterocycles. The Bertz CT molecular complexity index is 1440. The Morgan fingerprint density at radius 2 is 1.74 bits per heavy atom. The first-order valence-electron chi connectivity index (χ1n) is 11.4. The molecule has 14 nitrogen and oxygen atoms in total. The zero-order valence-corrected chi connectivity index (χ0v) is 22.4. The van der Waals surface area contributed by atoms with Crippen molar-refractivity contribution < 1.29 is 42.6 Å². The van der Waals surface area contributed by atoms with E-state index < -0.39 is 66.2 Å². The summed E-state index contributed by atoms with van der Waals surface area (Å²) >= 11 is 0.302. The van der Waals surface area contributed by atoms with Gasteiger partial charge in [-0.25, -0.2) is 4.79 Å². The van der Waals surface area contributed by atoms with E-state index in [1.54, 1.807) is 24.3 Å². The highest BCUT2D eigenvalue weighted by atomic mass is 32.7. The third kappa shape index (κ3) is 7.53. The van der Waals surface area contributed by atoms with Crippen molar-refractivity contribution in [2.75, 3.05) is 12.4 Å². The minimum atomic E-state index is -4.52. The van der Waals surface area contributed by atoms with Crippen LogP contribution in [0, 0.1) is 11.3 Å². The summed E-state index contributed by atoms with van der Waals surface area (Å²) in [5.41, 5.74) is -2.02. The highest BCUT2D eigenvalue weighted by molar-refractivity contribution is 8.54. The molecule has 39 heavy (non-hydrogen) atoms. The average molecular weight is 580 g/mol. The molecule has 0 saturated carbocycles. The molecule has 2 heterocycles. The van der Waals surface area contributed by atoms with Gasteiger partial charge in [-0.05, 0) is 12.1 Å². The van der Waals surface area contributed by atoms with Crippen molar-refractivity contribution in [2.45, 2.75) is 44.8 Å². The molecule has 0 spiro atoms. The second-order valence-electron chi connectivity index (χ2n) is 8.05. The quantitative estimate of drug-likeness (QED) is 0.215. The number of ether oxygens (including phenoxy) is 3. The van der Waals surface area contributed by atoms with E-state index in [0.717, 1.165) is 30.7 Å². The molecule has 208 valence electrons. The Hall–Kier alpha value is -3.54. The molecule has 0 radical (unpaired) electrons. The van der Waals surface area contributed by atoms with E-state index in [1.165, 1.54) is 12.1 Å². The summed E-state index contributed by atoms with van der Waals surface area (Å²) in [6.07, 6.45) is -4.74. The second-order valence-corrected chi connectivity index (χ2v) is 11.9. The van der Waals surface area contributed by atoms with Gasteiger partial charge in [0.25, 0.3) is 11.5 Å². The lowest BCUT2D eigenvalue weighted by atomic mass is 10.1. The fraction of sp³-hybridized carbons (Fsp3) is 0.391. The topological polar surface area (TPSA) is 196 Å². The van der Waals surface area contributed by atoms with Crippen LogP contribution in [0.3, 0.4) is 0 Å². The van der Waals surface area contributed by atoms with E-state index >= 15 is 0 Å². The van der Waals surface area contributed by atoms with E-state index in [0.29, 0.717) is 15.9 Å². The summed E-state index contributed by atoms with van der Waals surface area (Å²) in [6.45, 7) is -2.76. The number of hydrogen-bond donors (Lipinski definition) is 0. The van der Waals surface area contributed by atoms with Crippen molar-refractivity contribution in [1.82, 2.24) is 9.13 Å². The Labute approximate surface area is 225 Å². The highest BCUT2D eigenvalue weighted by Crippen LogP contribution is 2.53. The lowest BCUT2D eigenvalue weighted by Gasteiger charge is -2.25. The van der Waals surface area contributed by atoms with Gasteiger partial charge in [-0.15, -0.1) is 0 Å². The fourth-order valence-corrected chi connectivity index (χ4v) is 6.13. The molecule has 0 amide bonds. The second kappa shape index (κ2) is 13.0. The molecule has 3 rings (SSSR count). The molecular formula is C23H23N3O11PS-. The number of benzene rings is 1. The standard InChI is InChI=1S/C23H24N3O11PS/c1-14(27)35-19-17(13-39-38(32,33)34-12-6-10-24)37-22(20(19)36-15(2)28)25-11-9-18(29)26(23(25)31)21(30)16-7-4-3-5-8-16/h3-5,7-9,11,17,19-20,22H,6,12-13H2,1-2H3,(H,32,33)/p-1/t17-,19-,20-,22-/m1/s1. The largest absolute Gasteiger partial charge is 0.770 e. The van der Waals surface area contributed by atoms with Gasteiger partial charge in [0.05, 0.1) is 19.1 Å². The smallest absolute Gasteiger partial charge is 0.340 e. The number of hydrogen-bond acceptors (Lipinski definition) is 13. The van der Waals surface area contributed by atoms with E-state index in [9.17, 15) is 33.4 Å². The predicted octanol–water partition coefficient (Wildman–Crippen LogP) is 0.591. The fourth-order valence-electron chi connectivity index (χ4n) is 3.70.